The first-order chi connectivity index (χ1) is 9.41. The van der Waals surface area contributed by atoms with Gasteiger partial charge in [-0.05, 0) is 11.6 Å². The second-order valence-corrected chi connectivity index (χ2v) is 5.57. The third kappa shape index (κ3) is 2.70. The standard InChI is InChI=1S/C14H16BrN3O2/c1-16(8-10-6-4-5-7-11(10)15)12-9-17(2)14(20)18(3)13(12)19/h4-7,9H,8H2,1-3H3. The van der Waals surface area contributed by atoms with Crippen LogP contribution >= 0.6 is 15.9 Å². The Balaban J connectivity index is 2.40. The number of nitrogens with zero attached hydrogens (tertiary/aromatic N) is 3. The summed E-state index contributed by atoms with van der Waals surface area (Å²) in [7, 11) is 4.96. The molecule has 1 aromatic heterocycles. The van der Waals surface area contributed by atoms with Crippen molar-refractivity contribution in [2.75, 3.05) is 11.9 Å². The van der Waals surface area contributed by atoms with Crippen molar-refractivity contribution in [3.8, 4) is 0 Å². The van der Waals surface area contributed by atoms with Crippen LogP contribution in [-0.2, 0) is 20.6 Å². The fourth-order valence-electron chi connectivity index (χ4n) is 2.02. The molecule has 0 saturated heterocycles. The molecule has 0 N–H and O–H groups in total. The number of benzene rings is 1. The van der Waals surface area contributed by atoms with Gasteiger partial charge >= 0.3 is 5.69 Å². The number of anilines is 1. The molecule has 0 aliphatic heterocycles. The second-order valence-electron chi connectivity index (χ2n) is 4.72. The first-order valence-electron chi connectivity index (χ1n) is 6.13. The van der Waals surface area contributed by atoms with E-state index in [-0.39, 0.29) is 11.2 Å². The molecule has 0 aliphatic carbocycles. The van der Waals surface area contributed by atoms with E-state index in [0.717, 1.165) is 14.6 Å². The maximum absolute atomic E-state index is 12.2. The molecule has 20 heavy (non-hydrogen) atoms. The molecule has 0 unspecified atom stereocenters. The van der Waals surface area contributed by atoms with Crippen LogP contribution in [-0.4, -0.2) is 16.2 Å². The molecule has 0 amide bonds. The summed E-state index contributed by atoms with van der Waals surface area (Å²) in [5, 5.41) is 0. The lowest BCUT2D eigenvalue weighted by atomic mass is 10.2. The lowest BCUT2D eigenvalue weighted by molar-refractivity contribution is 0.678. The fourth-order valence-corrected chi connectivity index (χ4v) is 2.43. The zero-order valence-electron chi connectivity index (χ0n) is 11.6. The van der Waals surface area contributed by atoms with Gasteiger partial charge in [0.05, 0.1) is 0 Å². The van der Waals surface area contributed by atoms with Crippen LogP contribution in [0, 0.1) is 0 Å². The lowest BCUT2D eigenvalue weighted by Crippen LogP contribution is -2.39. The molecular weight excluding hydrogens is 322 g/mol. The van der Waals surface area contributed by atoms with Crippen molar-refractivity contribution in [3.63, 3.8) is 0 Å². The Labute approximate surface area is 125 Å². The van der Waals surface area contributed by atoms with Crippen molar-refractivity contribution in [1.82, 2.24) is 9.13 Å². The topological polar surface area (TPSA) is 47.2 Å². The molecule has 5 nitrogen and oxygen atoms in total. The van der Waals surface area contributed by atoms with Gasteiger partial charge in [0.2, 0.25) is 0 Å². The van der Waals surface area contributed by atoms with E-state index in [1.54, 1.807) is 13.2 Å². The molecule has 0 aliphatic rings. The van der Waals surface area contributed by atoms with Gasteiger partial charge in [-0.1, -0.05) is 34.1 Å². The Morgan fingerprint density at radius 2 is 1.85 bits per heavy atom. The molecule has 0 bridgehead atoms. The van der Waals surface area contributed by atoms with E-state index < -0.39 is 0 Å². The van der Waals surface area contributed by atoms with Gasteiger partial charge in [-0.25, -0.2) is 4.79 Å². The first kappa shape index (κ1) is 14.6. The van der Waals surface area contributed by atoms with Crippen LogP contribution < -0.4 is 16.1 Å². The fraction of sp³-hybridized carbons (Fsp3) is 0.286. The Bertz CT molecular complexity index is 749. The summed E-state index contributed by atoms with van der Waals surface area (Å²) >= 11 is 3.49. The zero-order valence-corrected chi connectivity index (χ0v) is 13.2. The summed E-state index contributed by atoms with van der Waals surface area (Å²) in [4.78, 5) is 25.7. The SMILES string of the molecule is CN(Cc1ccccc1Br)c1cn(C)c(=O)n(C)c1=O. The van der Waals surface area contributed by atoms with Crippen molar-refractivity contribution >= 4 is 21.6 Å². The molecule has 0 spiro atoms. The summed E-state index contributed by atoms with van der Waals surface area (Å²) in [6.45, 7) is 0.578. The van der Waals surface area contributed by atoms with Gasteiger partial charge < -0.3 is 9.47 Å². The molecule has 0 atom stereocenters. The monoisotopic (exact) mass is 337 g/mol. The van der Waals surface area contributed by atoms with Crippen molar-refractivity contribution in [2.45, 2.75) is 6.54 Å². The Hall–Kier alpha value is -1.82. The van der Waals surface area contributed by atoms with Crippen molar-refractivity contribution in [3.05, 3.63) is 61.3 Å². The summed E-state index contributed by atoms with van der Waals surface area (Å²) in [5.74, 6) is 0. The van der Waals surface area contributed by atoms with Crippen LogP contribution in [0.1, 0.15) is 5.56 Å². The quantitative estimate of drug-likeness (QED) is 0.852. The van der Waals surface area contributed by atoms with Gasteiger partial charge in [0.25, 0.3) is 5.56 Å². The van der Waals surface area contributed by atoms with Crippen molar-refractivity contribution in [2.24, 2.45) is 14.1 Å². The molecule has 1 aromatic carbocycles. The van der Waals surface area contributed by atoms with Gasteiger partial charge in [0.1, 0.15) is 5.69 Å². The molecule has 106 valence electrons. The Morgan fingerprint density at radius 3 is 2.50 bits per heavy atom. The summed E-state index contributed by atoms with van der Waals surface area (Å²) < 4.78 is 3.52. The van der Waals surface area contributed by atoms with Gasteiger partial charge in [0.15, 0.2) is 0 Å². The predicted octanol–water partition coefficient (Wildman–Crippen LogP) is 1.48. The lowest BCUT2D eigenvalue weighted by Gasteiger charge is -2.20. The highest BCUT2D eigenvalue weighted by atomic mass is 79.9. The number of aryl methyl sites for hydroxylation is 1. The maximum Gasteiger partial charge on any atom is 0.330 e. The number of halogens is 1. The van der Waals surface area contributed by atoms with E-state index in [1.807, 2.05) is 36.2 Å². The van der Waals surface area contributed by atoms with Gasteiger partial charge in [-0.2, -0.15) is 0 Å². The number of hydrogen-bond acceptors (Lipinski definition) is 3. The molecule has 2 aromatic rings. The molecule has 1 heterocycles. The minimum Gasteiger partial charge on any atom is -0.365 e. The molecule has 0 radical (unpaired) electrons. The van der Waals surface area contributed by atoms with Crippen LogP contribution in [0.25, 0.3) is 0 Å². The minimum absolute atomic E-state index is 0.289. The first-order valence-corrected chi connectivity index (χ1v) is 6.92. The molecule has 0 fully saturated rings. The van der Waals surface area contributed by atoms with Crippen LogP contribution in [0.15, 0.2) is 44.5 Å². The highest BCUT2D eigenvalue weighted by molar-refractivity contribution is 9.10. The zero-order chi connectivity index (χ0) is 14.9. The van der Waals surface area contributed by atoms with Crippen LogP contribution in [0.4, 0.5) is 5.69 Å². The summed E-state index contributed by atoms with van der Waals surface area (Å²) in [6.07, 6.45) is 1.57. The smallest absolute Gasteiger partial charge is 0.330 e. The number of hydrogen-bond donors (Lipinski definition) is 0. The summed E-state index contributed by atoms with van der Waals surface area (Å²) in [5.41, 5.74) is 0.951. The van der Waals surface area contributed by atoms with E-state index >= 15 is 0 Å². The van der Waals surface area contributed by atoms with E-state index in [9.17, 15) is 9.59 Å². The average molecular weight is 338 g/mol. The molecular formula is C14H16BrN3O2. The number of rotatable bonds is 3. The molecule has 0 saturated carbocycles. The van der Waals surface area contributed by atoms with Gasteiger partial charge in [0, 0.05) is 38.4 Å². The van der Waals surface area contributed by atoms with Gasteiger partial charge in [-0.3, -0.25) is 9.36 Å². The Morgan fingerprint density at radius 1 is 1.20 bits per heavy atom. The van der Waals surface area contributed by atoms with E-state index in [2.05, 4.69) is 15.9 Å². The van der Waals surface area contributed by atoms with Crippen molar-refractivity contribution in [1.29, 1.82) is 0 Å². The predicted molar refractivity (Wildman–Crippen MR) is 83.2 cm³/mol. The third-order valence-corrected chi connectivity index (χ3v) is 3.98. The number of aromatic nitrogens is 2. The van der Waals surface area contributed by atoms with E-state index in [0.29, 0.717) is 12.2 Å². The highest BCUT2D eigenvalue weighted by Crippen LogP contribution is 2.18. The second kappa shape index (κ2) is 5.66. The van der Waals surface area contributed by atoms with Crippen LogP contribution in [0.5, 0.6) is 0 Å². The highest BCUT2D eigenvalue weighted by Gasteiger charge is 2.12. The molecule has 6 heteroatoms. The van der Waals surface area contributed by atoms with Crippen LogP contribution in [0.3, 0.4) is 0 Å². The van der Waals surface area contributed by atoms with E-state index in [4.69, 9.17) is 0 Å². The van der Waals surface area contributed by atoms with Crippen LogP contribution in [0.2, 0.25) is 0 Å². The summed E-state index contributed by atoms with van der Waals surface area (Å²) in [6, 6.07) is 7.85. The van der Waals surface area contributed by atoms with Gasteiger partial charge in [-0.15, -0.1) is 0 Å². The maximum atomic E-state index is 12.2. The van der Waals surface area contributed by atoms with Crippen molar-refractivity contribution < 1.29 is 0 Å². The minimum atomic E-state index is -0.326. The average Bonchev–Trinajstić information content (AvgIpc) is 2.43. The molecule has 2 rings (SSSR count). The third-order valence-electron chi connectivity index (χ3n) is 3.20. The van der Waals surface area contributed by atoms with E-state index in [1.165, 1.54) is 11.6 Å². The Kier molecular flexibility index (Phi) is 4.13. The largest absolute Gasteiger partial charge is 0.365 e. The normalized spacial score (nSPS) is 10.6.